The van der Waals surface area contributed by atoms with Gasteiger partial charge in [0.25, 0.3) is 0 Å². The van der Waals surface area contributed by atoms with Gasteiger partial charge in [0.15, 0.2) is 11.0 Å². The van der Waals surface area contributed by atoms with Gasteiger partial charge in [-0.3, -0.25) is 5.43 Å². The molecule has 3 aromatic rings. The molecular formula is C15H10Cl2N4. The number of aromatic nitrogens is 2. The first-order valence-electron chi connectivity index (χ1n) is 6.19. The van der Waals surface area contributed by atoms with E-state index < -0.39 is 0 Å². The molecule has 0 aliphatic heterocycles. The number of para-hydroxylation sites is 2. The Morgan fingerprint density at radius 3 is 2.29 bits per heavy atom. The SMILES string of the molecule is Clc1ccc(C=NNc2nc3ccccc3nc2Cl)cc1. The van der Waals surface area contributed by atoms with Gasteiger partial charge in [0, 0.05) is 5.02 Å². The standard InChI is InChI=1S/C15H10Cl2N4/c16-11-7-5-10(6-8-11)9-18-21-15-14(17)19-12-3-1-2-4-13(12)20-15/h1-9H,(H,20,21). The van der Waals surface area contributed by atoms with Crippen LogP contribution in [-0.4, -0.2) is 16.2 Å². The van der Waals surface area contributed by atoms with Crippen LogP contribution in [0.15, 0.2) is 53.6 Å². The summed E-state index contributed by atoms with van der Waals surface area (Å²) >= 11 is 11.9. The molecule has 1 heterocycles. The van der Waals surface area contributed by atoms with Crippen molar-refractivity contribution in [3.05, 3.63) is 64.3 Å². The number of benzene rings is 2. The number of rotatable bonds is 3. The molecule has 0 fully saturated rings. The van der Waals surface area contributed by atoms with E-state index in [1.807, 2.05) is 36.4 Å². The lowest BCUT2D eigenvalue weighted by Gasteiger charge is -2.03. The summed E-state index contributed by atoms with van der Waals surface area (Å²) in [6.07, 6.45) is 1.66. The van der Waals surface area contributed by atoms with Crippen molar-refractivity contribution >= 4 is 46.3 Å². The summed E-state index contributed by atoms with van der Waals surface area (Å²) in [5.74, 6) is 0.417. The molecule has 0 aliphatic carbocycles. The molecule has 104 valence electrons. The number of hydrogen-bond donors (Lipinski definition) is 1. The average molecular weight is 317 g/mol. The number of hydrazone groups is 1. The molecule has 0 unspecified atom stereocenters. The van der Waals surface area contributed by atoms with Gasteiger partial charge in [0.1, 0.15) is 0 Å². The maximum absolute atomic E-state index is 6.08. The van der Waals surface area contributed by atoms with Crippen molar-refractivity contribution < 1.29 is 0 Å². The first-order valence-corrected chi connectivity index (χ1v) is 6.95. The molecule has 1 N–H and O–H groups in total. The van der Waals surface area contributed by atoms with Crippen LogP contribution >= 0.6 is 23.2 Å². The topological polar surface area (TPSA) is 50.2 Å². The van der Waals surface area contributed by atoms with Gasteiger partial charge in [0.2, 0.25) is 0 Å². The van der Waals surface area contributed by atoms with Crippen LogP contribution in [0.5, 0.6) is 0 Å². The van der Waals surface area contributed by atoms with E-state index in [2.05, 4.69) is 20.5 Å². The highest BCUT2D eigenvalue weighted by Crippen LogP contribution is 2.20. The van der Waals surface area contributed by atoms with Gasteiger partial charge in [-0.2, -0.15) is 5.10 Å². The predicted octanol–water partition coefficient (Wildman–Crippen LogP) is 4.38. The van der Waals surface area contributed by atoms with Gasteiger partial charge in [-0.1, -0.05) is 47.5 Å². The molecule has 0 saturated carbocycles. The molecule has 21 heavy (non-hydrogen) atoms. The van der Waals surface area contributed by atoms with Crippen LogP contribution in [0.1, 0.15) is 5.56 Å². The molecule has 6 heteroatoms. The molecule has 4 nitrogen and oxygen atoms in total. The van der Waals surface area contributed by atoms with Crippen LogP contribution in [0.3, 0.4) is 0 Å². The molecule has 0 amide bonds. The third-order valence-electron chi connectivity index (χ3n) is 2.78. The van der Waals surface area contributed by atoms with E-state index >= 15 is 0 Å². The summed E-state index contributed by atoms with van der Waals surface area (Å²) in [6, 6.07) is 14.8. The van der Waals surface area contributed by atoms with Crippen LogP contribution in [0.2, 0.25) is 10.2 Å². The minimum absolute atomic E-state index is 0.280. The Bertz CT molecular complexity index is 800. The first-order chi connectivity index (χ1) is 10.2. The summed E-state index contributed by atoms with van der Waals surface area (Å²) < 4.78 is 0. The van der Waals surface area contributed by atoms with E-state index in [4.69, 9.17) is 23.2 Å². The van der Waals surface area contributed by atoms with E-state index in [-0.39, 0.29) is 5.15 Å². The van der Waals surface area contributed by atoms with E-state index in [1.165, 1.54) is 0 Å². The van der Waals surface area contributed by atoms with Crippen molar-refractivity contribution in [3.63, 3.8) is 0 Å². The maximum atomic E-state index is 6.08. The highest BCUT2D eigenvalue weighted by molar-refractivity contribution is 6.32. The van der Waals surface area contributed by atoms with Crippen LogP contribution in [0.4, 0.5) is 5.82 Å². The number of nitrogens with one attached hydrogen (secondary N) is 1. The number of hydrogen-bond acceptors (Lipinski definition) is 4. The van der Waals surface area contributed by atoms with Gasteiger partial charge < -0.3 is 0 Å². The van der Waals surface area contributed by atoms with E-state index in [0.29, 0.717) is 10.8 Å². The Morgan fingerprint density at radius 1 is 0.905 bits per heavy atom. The molecule has 0 radical (unpaired) electrons. The second kappa shape index (κ2) is 6.08. The largest absolute Gasteiger partial charge is 0.259 e. The smallest absolute Gasteiger partial charge is 0.185 e. The molecule has 3 rings (SSSR count). The molecule has 1 aromatic heterocycles. The van der Waals surface area contributed by atoms with E-state index in [0.717, 1.165) is 16.6 Å². The predicted molar refractivity (Wildman–Crippen MR) is 87.2 cm³/mol. The van der Waals surface area contributed by atoms with Crippen molar-refractivity contribution in [3.8, 4) is 0 Å². The van der Waals surface area contributed by atoms with Gasteiger partial charge in [-0.25, -0.2) is 9.97 Å². The van der Waals surface area contributed by atoms with Crippen molar-refractivity contribution in [1.29, 1.82) is 0 Å². The van der Waals surface area contributed by atoms with Gasteiger partial charge in [-0.05, 0) is 29.8 Å². The van der Waals surface area contributed by atoms with Crippen molar-refractivity contribution in [1.82, 2.24) is 9.97 Å². The zero-order chi connectivity index (χ0) is 14.7. The summed E-state index contributed by atoms with van der Waals surface area (Å²) in [6.45, 7) is 0. The Balaban J connectivity index is 1.81. The zero-order valence-electron chi connectivity index (χ0n) is 10.8. The van der Waals surface area contributed by atoms with Gasteiger partial charge in [0.05, 0.1) is 17.2 Å². The zero-order valence-corrected chi connectivity index (χ0v) is 12.3. The molecular weight excluding hydrogens is 307 g/mol. The Morgan fingerprint density at radius 2 is 1.57 bits per heavy atom. The second-order valence-electron chi connectivity index (χ2n) is 4.27. The minimum Gasteiger partial charge on any atom is -0.259 e. The highest BCUT2D eigenvalue weighted by atomic mass is 35.5. The number of halogens is 2. The Hall–Kier alpha value is -2.17. The van der Waals surface area contributed by atoms with Crippen molar-refractivity contribution in [2.24, 2.45) is 5.10 Å². The molecule has 0 bridgehead atoms. The monoisotopic (exact) mass is 316 g/mol. The van der Waals surface area contributed by atoms with Crippen LogP contribution in [0, 0.1) is 0 Å². The minimum atomic E-state index is 0.280. The number of fused-ring (bicyclic) bond motifs is 1. The quantitative estimate of drug-likeness (QED) is 0.576. The summed E-state index contributed by atoms with van der Waals surface area (Å²) in [4.78, 5) is 8.64. The summed E-state index contributed by atoms with van der Waals surface area (Å²) in [7, 11) is 0. The third kappa shape index (κ3) is 3.29. The molecule has 0 aliphatic rings. The third-order valence-corrected chi connectivity index (χ3v) is 3.30. The fourth-order valence-electron chi connectivity index (χ4n) is 1.77. The van der Waals surface area contributed by atoms with E-state index in [9.17, 15) is 0 Å². The van der Waals surface area contributed by atoms with Gasteiger partial charge >= 0.3 is 0 Å². The van der Waals surface area contributed by atoms with Crippen LogP contribution in [-0.2, 0) is 0 Å². The lowest BCUT2D eigenvalue weighted by Crippen LogP contribution is -1.97. The molecule has 2 aromatic carbocycles. The second-order valence-corrected chi connectivity index (χ2v) is 5.07. The average Bonchev–Trinajstić information content (AvgIpc) is 2.50. The lowest BCUT2D eigenvalue weighted by atomic mass is 10.2. The fraction of sp³-hybridized carbons (Fsp3) is 0. The normalized spacial score (nSPS) is 11.1. The first kappa shape index (κ1) is 13.8. The number of anilines is 1. The van der Waals surface area contributed by atoms with Crippen molar-refractivity contribution in [2.75, 3.05) is 5.43 Å². The highest BCUT2D eigenvalue weighted by Gasteiger charge is 2.05. The summed E-state index contributed by atoms with van der Waals surface area (Å²) in [5.41, 5.74) is 5.21. The lowest BCUT2D eigenvalue weighted by molar-refractivity contribution is 1.22. The molecule has 0 saturated heterocycles. The summed E-state index contributed by atoms with van der Waals surface area (Å²) in [5, 5.41) is 5.07. The Labute approximate surface area is 131 Å². The van der Waals surface area contributed by atoms with Crippen molar-refractivity contribution in [2.45, 2.75) is 0 Å². The maximum Gasteiger partial charge on any atom is 0.185 e. The Kier molecular flexibility index (Phi) is 3.99. The van der Waals surface area contributed by atoms with Crippen LogP contribution < -0.4 is 5.43 Å². The fourth-order valence-corrected chi connectivity index (χ4v) is 2.07. The van der Waals surface area contributed by atoms with Gasteiger partial charge in [-0.15, -0.1) is 0 Å². The molecule has 0 spiro atoms. The molecule has 0 atom stereocenters. The van der Waals surface area contributed by atoms with E-state index in [1.54, 1.807) is 18.3 Å². The number of nitrogens with zero attached hydrogens (tertiary/aromatic N) is 3. The van der Waals surface area contributed by atoms with Crippen LogP contribution in [0.25, 0.3) is 11.0 Å².